The number of hydrogen-bond acceptors (Lipinski definition) is 5. The number of fused-ring (bicyclic) bond motifs is 1. The van der Waals surface area contributed by atoms with Gasteiger partial charge in [0.2, 0.25) is 15.9 Å². The first-order chi connectivity index (χ1) is 16.3. The number of aromatic nitrogens is 2. The Kier molecular flexibility index (Phi) is 7.65. The number of sulfonamides is 1. The van der Waals surface area contributed by atoms with Gasteiger partial charge < -0.3 is 9.88 Å². The van der Waals surface area contributed by atoms with Crippen molar-refractivity contribution >= 4 is 27.0 Å². The van der Waals surface area contributed by atoms with Gasteiger partial charge in [-0.05, 0) is 61.7 Å². The van der Waals surface area contributed by atoms with Crippen molar-refractivity contribution in [3.05, 3.63) is 59.4 Å². The molecule has 1 fully saturated rings. The first-order valence-electron chi connectivity index (χ1n) is 11.9. The van der Waals surface area contributed by atoms with Crippen molar-refractivity contribution in [3.8, 4) is 0 Å². The van der Waals surface area contributed by atoms with E-state index in [1.807, 2.05) is 6.07 Å². The molecule has 2 aromatic carbocycles. The highest BCUT2D eigenvalue weighted by Gasteiger charge is 2.16. The molecule has 0 bridgehead atoms. The van der Waals surface area contributed by atoms with Crippen LogP contribution in [0.15, 0.2) is 47.4 Å². The summed E-state index contributed by atoms with van der Waals surface area (Å²) in [6.07, 6.45) is 4.19. The van der Waals surface area contributed by atoms with Crippen molar-refractivity contribution in [2.24, 2.45) is 5.14 Å². The minimum absolute atomic E-state index is 0.0312. The van der Waals surface area contributed by atoms with Gasteiger partial charge in [0.15, 0.2) is 0 Å². The van der Waals surface area contributed by atoms with E-state index < -0.39 is 10.0 Å². The molecule has 8 nitrogen and oxygen atoms in total. The first kappa shape index (κ1) is 24.4. The lowest BCUT2D eigenvalue weighted by Crippen LogP contribution is -2.25. The number of nitrogens with one attached hydrogen (secondary N) is 1. The third-order valence-corrected chi connectivity index (χ3v) is 7.25. The van der Waals surface area contributed by atoms with E-state index in [1.165, 1.54) is 30.5 Å². The molecule has 9 heteroatoms. The minimum atomic E-state index is -3.80. The van der Waals surface area contributed by atoms with Crippen LogP contribution in [-0.4, -0.2) is 41.9 Å². The molecule has 182 valence electrons. The third-order valence-electron chi connectivity index (χ3n) is 6.34. The third kappa shape index (κ3) is 5.84. The lowest BCUT2D eigenvalue weighted by Gasteiger charge is -2.17. The molecular weight excluding hydrogens is 450 g/mol. The molecule has 1 saturated heterocycles. The zero-order valence-electron chi connectivity index (χ0n) is 19.7. The number of carbonyl (C=O) groups excluding carboxylic acids is 1. The zero-order chi connectivity index (χ0) is 24.1. The predicted molar refractivity (Wildman–Crippen MR) is 133 cm³/mol. The summed E-state index contributed by atoms with van der Waals surface area (Å²) >= 11 is 0. The predicted octanol–water partition coefficient (Wildman–Crippen LogP) is 2.94. The molecule has 0 radical (unpaired) electrons. The van der Waals surface area contributed by atoms with Crippen molar-refractivity contribution in [1.82, 2.24) is 19.8 Å². The normalized spacial score (nSPS) is 14.6. The fourth-order valence-electron chi connectivity index (χ4n) is 4.57. The van der Waals surface area contributed by atoms with Gasteiger partial charge in [0, 0.05) is 32.5 Å². The number of primary sulfonamides is 1. The van der Waals surface area contributed by atoms with Crippen LogP contribution < -0.4 is 10.5 Å². The highest BCUT2D eigenvalue weighted by molar-refractivity contribution is 7.89. The van der Waals surface area contributed by atoms with Crippen LogP contribution in [0.4, 0.5) is 0 Å². The van der Waals surface area contributed by atoms with E-state index >= 15 is 0 Å². The van der Waals surface area contributed by atoms with E-state index in [9.17, 15) is 13.2 Å². The van der Waals surface area contributed by atoms with Crippen molar-refractivity contribution in [3.63, 3.8) is 0 Å². The second-order valence-electron chi connectivity index (χ2n) is 8.90. The summed E-state index contributed by atoms with van der Waals surface area (Å²) in [5.41, 5.74) is 3.84. The number of rotatable bonds is 10. The molecule has 0 spiro atoms. The lowest BCUT2D eigenvalue weighted by atomic mass is 10.1. The van der Waals surface area contributed by atoms with Crippen LogP contribution in [0.1, 0.15) is 49.6 Å². The van der Waals surface area contributed by atoms with E-state index in [-0.39, 0.29) is 10.8 Å². The maximum atomic E-state index is 12.7. The molecule has 0 aliphatic carbocycles. The Morgan fingerprint density at radius 1 is 1.12 bits per heavy atom. The van der Waals surface area contributed by atoms with Gasteiger partial charge in [-0.1, -0.05) is 31.2 Å². The quantitative estimate of drug-likeness (QED) is 0.461. The lowest BCUT2D eigenvalue weighted by molar-refractivity contribution is -0.121. The fraction of sp³-hybridized carbons (Fsp3) is 0.440. The molecular formula is C25H33N5O3S. The van der Waals surface area contributed by atoms with Crippen LogP contribution in [0.25, 0.3) is 11.0 Å². The Bertz CT molecular complexity index is 1260. The van der Waals surface area contributed by atoms with Crippen LogP contribution in [0, 0.1) is 0 Å². The molecule has 2 heterocycles. The van der Waals surface area contributed by atoms with Crippen molar-refractivity contribution in [2.45, 2.75) is 63.6 Å². The molecule has 0 saturated carbocycles. The molecule has 34 heavy (non-hydrogen) atoms. The molecule has 4 rings (SSSR count). The fourth-order valence-corrected chi connectivity index (χ4v) is 5.11. The van der Waals surface area contributed by atoms with Gasteiger partial charge in [0.05, 0.1) is 15.9 Å². The Hall–Kier alpha value is -2.75. The van der Waals surface area contributed by atoms with Crippen LogP contribution in [-0.2, 0) is 40.9 Å². The minimum Gasteiger partial charge on any atom is -0.352 e. The van der Waals surface area contributed by atoms with Gasteiger partial charge in [-0.2, -0.15) is 0 Å². The molecule has 3 N–H and O–H groups in total. The first-order valence-corrected chi connectivity index (χ1v) is 13.5. The Morgan fingerprint density at radius 2 is 1.85 bits per heavy atom. The van der Waals surface area contributed by atoms with Gasteiger partial charge in [-0.15, -0.1) is 0 Å². The standard InChI is InChI=1S/C25H33N5O3S/c1-2-13-30-23-10-9-21(34(26,32)33)16-22(23)28-24(30)11-12-25(31)27-17-19-7-3-4-8-20(19)18-29-14-5-6-15-29/h3-4,7-10,16H,2,5-6,11-15,17-18H2,1H3,(H,27,31)(H2,26,32,33). The Morgan fingerprint density at radius 3 is 2.56 bits per heavy atom. The van der Waals surface area contributed by atoms with Crippen LogP contribution in [0.5, 0.6) is 0 Å². The van der Waals surface area contributed by atoms with Gasteiger partial charge in [0.25, 0.3) is 0 Å². The van der Waals surface area contributed by atoms with E-state index in [4.69, 9.17) is 5.14 Å². The van der Waals surface area contributed by atoms with Gasteiger partial charge in [0.1, 0.15) is 5.82 Å². The molecule has 1 aliphatic heterocycles. The van der Waals surface area contributed by atoms with Crippen molar-refractivity contribution in [1.29, 1.82) is 0 Å². The average molecular weight is 484 g/mol. The number of benzene rings is 2. The summed E-state index contributed by atoms with van der Waals surface area (Å²) in [4.78, 5) is 19.8. The molecule has 3 aromatic rings. The summed E-state index contributed by atoms with van der Waals surface area (Å²) in [6.45, 7) is 6.52. The number of nitrogens with two attached hydrogens (primary N) is 1. The van der Waals surface area contributed by atoms with Crippen molar-refractivity contribution in [2.75, 3.05) is 13.1 Å². The van der Waals surface area contributed by atoms with Crippen LogP contribution in [0.3, 0.4) is 0 Å². The van der Waals surface area contributed by atoms with Crippen LogP contribution >= 0.6 is 0 Å². The summed E-state index contributed by atoms with van der Waals surface area (Å²) in [5, 5.41) is 8.33. The van der Waals surface area contributed by atoms with Crippen molar-refractivity contribution < 1.29 is 13.2 Å². The smallest absolute Gasteiger partial charge is 0.238 e. The number of aryl methyl sites for hydroxylation is 2. The molecule has 0 atom stereocenters. The number of nitrogens with zero attached hydrogens (tertiary/aromatic N) is 3. The van der Waals surface area contributed by atoms with E-state index in [2.05, 4.69) is 44.9 Å². The zero-order valence-corrected chi connectivity index (χ0v) is 20.5. The maximum Gasteiger partial charge on any atom is 0.238 e. The van der Waals surface area contributed by atoms with Gasteiger partial charge in [-0.3, -0.25) is 9.69 Å². The number of likely N-dealkylation sites (tertiary alicyclic amines) is 1. The van der Waals surface area contributed by atoms with E-state index in [0.717, 1.165) is 49.5 Å². The number of hydrogen-bond donors (Lipinski definition) is 2. The molecule has 1 aliphatic rings. The highest BCUT2D eigenvalue weighted by Crippen LogP contribution is 2.21. The second-order valence-corrected chi connectivity index (χ2v) is 10.5. The number of carbonyl (C=O) groups is 1. The monoisotopic (exact) mass is 483 g/mol. The van der Waals surface area contributed by atoms with Gasteiger partial charge in [-0.25, -0.2) is 18.5 Å². The summed E-state index contributed by atoms with van der Waals surface area (Å²) in [6, 6.07) is 13.0. The molecule has 0 unspecified atom stereocenters. The van der Waals surface area contributed by atoms with Gasteiger partial charge >= 0.3 is 0 Å². The topological polar surface area (TPSA) is 110 Å². The number of imidazole rings is 1. The largest absolute Gasteiger partial charge is 0.352 e. The second kappa shape index (κ2) is 10.7. The Balaban J connectivity index is 1.41. The Labute approximate surface area is 201 Å². The van der Waals surface area contributed by atoms with E-state index in [0.29, 0.717) is 24.9 Å². The average Bonchev–Trinajstić information content (AvgIpc) is 3.44. The summed E-state index contributed by atoms with van der Waals surface area (Å²) in [5.74, 6) is 0.740. The molecule has 1 aromatic heterocycles. The summed E-state index contributed by atoms with van der Waals surface area (Å²) in [7, 11) is -3.80. The van der Waals surface area contributed by atoms with Crippen LogP contribution in [0.2, 0.25) is 0 Å². The SMILES string of the molecule is CCCn1c(CCC(=O)NCc2ccccc2CN2CCCC2)nc2cc(S(N)(=O)=O)ccc21. The highest BCUT2D eigenvalue weighted by atomic mass is 32.2. The summed E-state index contributed by atoms with van der Waals surface area (Å²) < 4.78 is 25.5. The molecule has 1 amide bonds. The number of amides is 1. The maximum absolute atomic E-state index is 12.7. The van der Waals surface area contributed by atoms with E-state index in [1.54, 1.807) is 6.07 Å².